The number of amides is 2. The van der Waals surface area contributed by atoms with E-state index in [1.807, 2.05) is 0 Å². The van der Waals surface area contributed by atoms with E-state index in [0.717, 1.165) is 31.2 Å². The lowest BCUT2D eigenvalue weighted by Gasteiger charge is -2.29. The molecular weight excluding hydrogens is 418 g/mol. The largest absolute Gasteiger partial charge is 0.352 e. The first-order valence-corrected chi connectivity index (χ1v) is 11.7. The molecule has 31 heavy (non-hydrogen) atoms. The summed E-state index contributed by atoms with van der Waals surface area (Å²) < 4.78 is 27.3. The van der Waals surface area contributed by atoms with Gasteiger partial charge in [-0.3, -0.25) is 9.59 Å². The lowest BCUT2D eigenvalue weighted by molar-refractivity contribution is -0.139. The highest BCUT2D eigenvalue weighted by Crippen LogP contribution is 2.20. The number of nitrogens with zero attached hydrogens (tertiary/aromatic N) is 1. The zero-order chi connectivity index (χ0) is 22.2. The molecule has 3 rings (SSSR count). The van der Waals surface area contributed by atoms with Crippen molar-refractivity contribution in [3.8, 4) is 0 Å². The number of halogens is 2. The number of carbonyl (C=O) groups excluding carboxylic acids is 2. The summed E-state index contributed by atoms with van der Waals surface area (Å²) in [5.74, 6) is -0.454. The lowest BCUT2D eigenvalue weighted by atomic mass is 10.1. The number of carbonyl (C=O) groups is 2. The highest BCUT2D eigenvalue weighted by molar-refractivity contribution is 7.99. The molecule has 1 aliphatic rings. The van der Waals surface area contributed by atoms with E-state index in [0.29, 0.717) is 11.3 Å². The predicted octanol–water partition coefficient (Wildman–Crippen LogP) is 4.67. The maximum atomic E-state index is 14.2. The molecule has 1 aliphatic carbocycles. The molecule has 0 aliphatic heterocycles. The number of nitrogens with one attached hydrogen (secondary N) is 1. The van der Waals surface area contributed by atoms with Gasteiger partial charge in [-0.05, 0) is 43.5 Å². The molecule has 0 saturated heterocycles. The Kier molecular flexibility index (Phi) is 8.46. The molecule has 0 bridgehead atoms. The van der Waals surface area contributed by atoms with Gasteiger partial charge in [0.05, 0.1) is 5.75 Å². The Balaban J connectivity index is 1.66. The van der Waals surface area contributed by atoms with Gasteiger partial charge in [-0.25, -0.2) is 8.78 Å². The fraction of sp³-hybridized carbons (Fsp3) is 0.417. The molecule has 0 aromatic heterocycles. The van der Waals surface area contributed by atoms with Gasteiger partial charge in [-0.15, -0.1) is 11.8 Å². The molecule has 166 valence electrons. The molecule has 1 saturated carbocycles. The Morgan fingerprint density at radius 3 is 2.45 bits per heavy atom. The van der Waals surface area contributed by atoms with Crippen molar-refractivity contribution in [2.24, 2.45) is 0 Å². The maximum Gasteiger partial charge on any atom is 0.242 e. The van der Waals surface area contributed by atoms with E-state index < -0.39 is 11.9 Å². The van der Waals surface area contributed by atoms with E-state index in [4.69, 9.17) is 0 Å². The molecule has 0 radical (unpaired) electrons. The number of hydrogen-bond donors (Lipinski definition) is 1. The Labute approximate surface area is 186 Å². The molecule has 2 aromatic rings. The van der Waals surface area contributed by atoms with E-state index in [1.165, 1.54) is 34.9 Å². The fourth-order valence-electron chi connectivity index (χ4n) is 3.70. The number of hydrogen-bond acceptors (Lipinski definition) is 3. The van der Waals surface area contributed by atoms with Crippen molar-refractivity contribution in [2.45, 2.75) is 57.0 Å². The van der Waals surface area contributed by atoms with Crippen LogP contribution in [0, 0.1) is 11.6 Å². The quantitative estimate of drug-likeness (QED) is 0.609. The molecule has 0 spiro atoms. The van der Waals surface area contributed by atoms with Gasteiger partial charge in [0.15, 0.2) is 0 Å². The minimum absolute atomic E-state index is 0.0296. The average molecular weight is 447 g/mol. The highest BCUT2D eigenvalue weighted by atomic mass is 32.2. The van der Waals surface area contributed by atoms with Gasteiger partial charge in [0.2, 0.25) is 11.8 Å². The first-order chi connectivity index (χ1) is 14.9. The van der Waals surface area contributed by atoms with E-state index in [9.17, 15) is 18.4 Å². The van der Waals surface area contributed by atoms with Crippen LogP contribution in [0.25, 0.3) is 0 Å². The molecule has 1 fully saturated rings. The molecule has 2 amide bonds. The minimum atomic E-state index is -0.709. The first kappa shape index (κ1) is 23.3. The molecule has 1 N–H and O–H groups in total. The number of thioether (sulfide) groups is 1. The van der Waals surface area contributed by atoms with Gasteiger partial charge >= 0.3 is 0 Å². The molecule has 7 heteroatoms. The van der Waals surface area contributed by atoms with Gasteiger partial charge in [0.25, 0.3) is 0 Å². The van der Waals surface area contributed by atoms with Crippen molar-refractivity contribution >= 4 is 23.6 Å². The summed E-state index contributed by atoms with van der Waals surface area (Å²) in [6.45, 7) is 1.72. The summed E-state index contributed by atoms with van der Waals surface area (Å²) in [7, 11) is 0. The van der Waals surface area contributed by atoms with Crippen LogP contribution >= 0.6 is 11.8 Å². The zero-order valence-electron chi connectivity index (χ0n) is 17.7. The molecule has 0 unspecified atom stereocenters. The number of benzene rings is 2. The summed E-state index contributed by atoms with van der Waals surface area (Å²) in [5, 5.41) is 3.03. The molecular formula is C24H28F2N2O2S. The third-order valence-corrected chi connectivity index (χ3v) is 6.56. The molecule has 1 atom stereocenters. The van der Waals surface area contributed by atoms with Gasteiger partial charge in [0.1, 0.15) is 17.7 Å². The summed E-state index contributed by atoms with van der Waals surface area (Å²) in [6, 6.07) is 11.9. The van der Waals surface area contributed by atoms with Crippen molar-refractivity contribution in [1.29, 1.82) is 0 Å². The topological polar surface area (TPSA) is 49.4 Å². The minimum Gasteiger partial charge on any atom is -0.352 e. The second kappa shape index (κ2) is 11.3. The van der Waals surface area contributed by atoms with Gasteiger partial charge in [-0.2, -0.15) is 0 Å². The Morgan fingerprint density at radius 1 is 1.10 bits per heavy atom. The van der Waals surface area contributed by atoms with Crippen molar-refractivity contribution < 1.29 is 18.4 Å². The monoisotopic (exact) mass is 446 g/mol. The molecule has 2 aromatic carbocycles. The first-order valence-electron chi connectivity index (χ1n) is 10.6. The summed E-state index contributed by atoms with van der Waals surface area (Å²) in [4.78, 5) is 27.3. The van der Waals surface area contributed by atoms with Crippen LogP contribution in [0.15, 0.2) is 48.5 Å². The highest BCUT2D eigenvalue weighted by Gasteiger charge is 2.28. The summed E-state index contributed by atoms with van der Waals surface area (Å²) >= 11 is 1.39. The van der Waals surface area contributed by atoms with Crippen molar-refractivity contribution in [2.75, 3.05) is 5.75 Å². The normalized spacial score (nSPS) is 14.9. The van der Waals surface area contributed by atoms with E-state index in [2.05, 4.69) is 5.32 Å². The van der Waals surface area contributed by atoms with Crippen molar-refractivity contribution in [3.63, 3.8) is 0 Å². The predicted molar refractivity (Wildman–Crippen MR) is 119 cm³/mol. The standard InChI is InChI=1S/C24H28F2N2O2S/c1-17(24(30)27-21-7-3-4-8-21)28(14-19-6-2-5-9-22(19)26)23(29)16-31-15-18-10-12-20(25)13-11-18/h2,5-6,9-13,17,21H,3-4,7-8,14-16H2,1H3,(H,27,30)/t17-/m0/s1. The maximum absolute atomic E-state index is 14.2. The third kappa shape index (κ3) is 6.79. The van der Waals surface area contributed by atoms with Crippen LogP contribution in [-0.4, -0.2) is 34.6 Å². The van der Waals surface area contributed by atoms with Gasteiger partial charge < -0.3 is 10.2 Å². The average Bonchev–Trinajstić information content (AvgIpc) is 3.27. The van der Waals surface area contributed by atoms with Crippen molar-refractivity contribution in [3.05, 3.63) is 71.3 Å². The van der Waals surface area contributed by atoms with Crippen LogP contribution in [0.1, 0.15) is 43.7 Å². The SMILES string of the molecule is C[C@@H](C(=O)NC1CCCC1)N(Cc1ccccc1F)C(=O)CSCc1ccc(F)cc1. The van der Waals surface area contributed by atoms with Crippen molar-refractivity contribution in [1.82, 2.24) is 10.2 Å². The van der Waals surface area contributed by atoms with Crippen LogP contribution in [0.5, 0.6) is 0 Å². The molecule has 0 heterocycles. The van der Waals surface area contributed by atoms with Crippen LogP contribution in [0.2, 0.25) is 0 Å². The van der Waals surface area contributed by atoms with Crippen LogP contribution in [0.3, 0.4) is 0 Å². The van der Waals surface area contributed by atoms with E-state index in [1.54, 1.807) is 37.3 Å². The van der Waals surface area contributed by atoms with Gasteiger partial charge in [-0.1, -0.05) is 43.2 Å². The van der Waals surface area contributed by atoms with Crippen LogP contribution in [-0.2, 0) is 21.9 Å². The van der Waals surface area contributed by atoms with E-state index >= 15 is 0 Å². The zero-order valence-corrected chi connectivity index (χ0v) is 18.5. The lowest BCUT2D eigenvalue weighted by Crippen LogP contribution is -2.50. The third-order valence-electron chi connectivity index (χ3n) is 5.57. The fourth-order valence-corrected chi connectivity index (χ4v) is 4.58. The smallest absolute Gasteiger partial charge is 0.242 e. The Morgan fingerprint density at radius 2 is 1.77 bits per heavy atom. The molecule has 4 nitrogen and oxygen atoms in total. The van der Waals surface area contributed by atoms with Gasteiger partial charge in [0, 0.05) is 23.9 Å². The Hall–Kier alpha value is -2.41. The summed E-state index contributed by atoms with van der Waals surface area (Å²) in [6.07, 6.45) is 4.09. The van der Waals surface area contributed by atoms with E-state index in [-0.39, 0.29) is 36.0 Å². The summed E-state index contributed by atoms with van der Waals surface area (Å²) in [5.41, 5.74) is 1.28. The number of rotatable bonds is 9. The second-order valence-corrected chi connectivity index (χ2v) is 8.88. The second-order valence-electron chi connectivity index (χ2n) is 7.90. The van der Waals surface area contributed by atoms with Crippen LogP contribution in [0.4, 0.5) is 8.78 Å². The Bertz CT molecular complexity index is 885. The van der Waals surface area contributed by atoms with Crippen LogP contribution < -0.4 is 5.32 Å².